The van der Waals surface area contributed by atoms with Gasteiger partial charge in [-0.3, -0.25) is 10.1 Å². The van der Waals surface area contributed by atoms with Crippen LogP contribution in [0.1, 0.15) is 6.42 Å². The lowest BCUT2D eigenvalue weighted by Gasteiger charge is -2.12. The summed E-state index contributed by atoms with van der Waals surface area (Å²) in [5.41, 5.74) is 1.64. The van der Waals surface area contributed by atoms with Gasteiger partial charge in [0.1, 0.15) is 11.5 Å². The van der Waals surface area contributed by atoms with Crippen LogP contribution in [0.5, 0.6) is 0 Å². The van der Waals surface area contributed by atoms with Crippen LogP contribution in [0.2, 0.25) is 5.02 Å². The lowest BCUT2D eigenvalue weighted by molar-refractivity contribution is -0.383. The number of aliphatic hydroxyl groups excluding tert-OH is 1. The van der Waals surface area contributed by atoms with Gasteiger partial charge in [0.05, 0.1) is 10.6 Å². The van der Waals surface area contributed by atoms with Crippen LogP contribution in [0.15, 0.2) is 54.6 Å². The predicted molar refractivity (Wildman–Crippen MR) is 109 cm³/mol. The van der Waals surface area contributed by atoms with Crippen molar-refractivity contribution in [2.24, 2.45) is 0 Å². The second-order valence-corrected chi connectivity index (χ2v) is 6.31. The van der Waals surface area contributed by atoms with E-state index in [0.29, 0.717) is 35.4 Å². The van der Waals surface area contributed by atoms with Crippen molar-refractivity contribution in [2.45, 2.75) is 6.42 Å². The fraction of sp³-hybridized carbons (Fsp3) is 0.158. The number of anilines is 3. The molecule has 3 N–H and O–H groups in total. The number of aliphatic hydroxyl groups is 1. The summed E-state index contributed by atoms with van der Waals surface area (Å²) in [6, 6.07) is 15.5. The molecule has 8 nitrogen and oxygen atoms in total. The third-order valence-corrected chi connectivity index (χ3v) is 4.07. The van der Waals surface area contributed by atoms with Crippen LogP contribution in [0.25, 0.3) is 11.3 Å². The fourth-order valence-corrected chi connectivity index (χ4v) is 2.70. The van der Waals surface area contributed by atoms with Crippen molar-refractivity contribution in [3.63, 3.8) is 0 Å². The molecule has 0 fully saturated rings. The molecule has 2 aromatic carbocycles. The van der Waals surface area contributed by atoms with Crippen LogP contribution in [-0.4, -0.2) is 33.1 Å². The number of nitro benzene ring substituents is 1. The van der Waals surface area contributed by atoms with Crippen molar-refractivity contribution in [3.05, 3.63) is 69.7 Å². The third kappa shape index (κ3) is 4.93. The van der Waals surface area contributed by atoms with Gasteiger partial charge >= 0.3 is 0 Å². The van der Waals surface area contributed by atoms with Crippen LogP contribution in [0.3, 0.4) is 0 Å². The minimum atomic E-state index is -0.488. The second kappa shape index (κ2) is 9.12. The first-order valence-electron chi connectivity index (χ1n) is 8.57. The molecular formula is C19H18ClN5O3. The molecule has 0 bridgehead atoms. The van der Waals surface area contributed by atoms with Gasteiger partial charge in [0.15, 0.2) is 0 Å². The molecule has 0 aliphatic heterocycles. The van der Waals surface area contributed by atoms with Crippen LogP contribution < -0.4 is 10.6 Å². The van der Waals surface area contributed by atoms with Crippen molar-refractivity contribution in [1.82, 2.24) is 9.97 Å². The average molecular weight is 400 g/mol. The number of benzene rings is 2. The topological polar surface area (TPSA) is 113 Å². The highest BCUT2D eigenvalue weighted by Gasteiger charge is 2.16. The van der Waals surface area contributed by atoms with Crippen molar-refractivity contribution in [3.8, 4) is 11.3 Å². The Morgan fingerprint density at radius 1 is 1.11 bits per heavy atom. The van der Waals surface area contributed by atoms with E-state index in [1.165, 1.54) is 18.2 Å². The van der Waals surface area contributed by atoms with Gasteiger partial charge in [-0.15, -0.1) is 0 Å². The van der Waals surface area contributed by atoms with E-state index in [1.54, 1.807) is 6.07 Å². The molecule has 3 aromatic rings. The minimum Gasteiger partial charge on any atom is -0.396 e. The van der Waals surface area contributed by atoms with Gasteiger partial charge in [0.25, 0.3) is 5.69 Å². The van der Waals surface area contributed by atoms with Crippen molar-refractivity contribution < 1.29 is 10.0 Å². The maximum atomic E-state index is 11.3. The van der Waals surface area contributed by atoms with Crippen molar-refractivity contribution >= 4 is 34.7 Å². The summed E-state index contributed by atoms with van der Waals surface area (Å²) in [5, 5.41) is 26.7. The van der Waals surface area contributed by atoms with Crippen LogP contribution >= 0.6 is 11.6 Å². The SMILES string of the molecule is O=[N+]([O-])c1ccc(Cl)cc1Nc1cc(-c2ccccc2)nc(NCCCO)n1. The van der Waals surface area contributed by atoms with E-state index < -0.39 is 4.92 Å². The number of nitrogens with one attached hydrogen (secondary N) is 2. The maximum absolute atomic E-state index is 11.3. The second-order valence-electron chi connectivity index (χ2n) is 5.88. The summed E-state index contributed by atoms with van der Waals surface area (Å²) in [7, 11) is 0. The Kier molecular flexibility index (Phi) is 6.36. The zero-order chi connectivity index (χ0) is 19.9. The first kappa shape index (κ1) is 19.5. The Labute approximate surface area is 166 Å². The molecule has 1 heterocycles. The molecular weight excluding hydrogens is 382 g/mol. The molecule has 0 saturated heterocycles. The number of aromatic nitrogens is 2. The van der Waals surface area contributed by atoms with Crippen molar-refractivity contribution in [1.29, 1.82) is 0 Å². The Morgan fingerprint density at radius 3 is 2.61 bits per heavy atom. The number of rotatable bonds is 8. The van der Waals surface area contributed by atoms with E-state index in [1.807, 2.05) is 30.3 Å². The zero-order valence-electron chi connectivity index (χ0n) is 14.8. The predicted octanol–water partition coefficient (Wildman–Crippen LogP) is 4.24. The lowest BCUT2D eigenvalue weighted by atomic mass is 10.1. The first-order chi connectivity index (χ1) is 13.6. The number of nitro groups is 1. The lowest BCUT2D eigenvalue weighted by Crippen LogP contribution is -2.09. The Morgan fingerprint density at radius 2 is 1.89 bits per heavy atom. The molecule has 1 aromatic heterocycles. The van der Waals surface area contributed by atoms with E-state index in [4.69, 9.17) is 16.7 Å². The van der Waals surface area contributed by atoms with E-state index in [2.05, 4.69) is 20.6 Å². The minimum absolute atomic E-state index is 0.0468. The molecule has 0 aliphatic rings. The number of halogens is 1. The molecule has 0 radical (unpaired) electrons. The number of hydrogen-bond donors (Lipinski definition) is 3. The van der Waals surface area contributed by atoms with E-state index in [9.17, 15) is 10.1 Å². The van der Waals surface area contributed by atoms with Crippen LogP contribution in [0.4, 0.5) is 23.1 Å². The van der Waals surface area contributed by atoms with E-state index in [-0.39, 0.29) is 18.0 Å². The highest BCUT2D eigenvalue weighted by atomic mass is 35.5. The first-order valence-corrected chi connectivity index (χ1v) is 8.95. The van der Waals surface area contributed by atoms with Gasteiger partial charge < -0.3 is 15.7 Å². The molecule has 3 rings (SSSR count). The Balaban J connectivity index is 1.99. The van der Waals surface area contributed by atoms with Crippen LogP contribution in [-0.2, 0) is 0 Å². The summed E-state index contributed by atoms with van der Waals surface area (Å²) < 4.78 is 0. The summed E-state index contributed by atoms with van der Waals surface area (Å²) in [4.78, 5) is 19.7. The normalized spacial score (nSPS) is 10.5. The molecule has 0 unspecified atom stereocenters. The summed E-state index contributed by atoms with van der Waals surface area (Å²) in [5.74, 6) is 0.729. The van der Waals surface area contributed by atoms with Gasteiger partial charge in [-0.1, -0.05) is 41.9 Å². The molecule has 0 saturated carbocycles. The van der Waals surface area contributed by atoms with Crippen molar-refractivity contribution in [2.75, 3.05) is 23.8 Å². The Hall–Kier alpha value is -3.23. The zero-order valence-corrected chi connectivity index (χ0v) is 15.6. The maximum Gasteiger partial charge on any atom is 0.292 e. The number of hydrogen-bond acceptors (Lipinski definition) is 7. The molecule has 9 heteroatoms. The van der Waals surface area contributed by atoms with Gasteiger partial charge in [-0.25, -0.2) is 4.98 Å². The molecule has 0 amide bonds. The standard InChI is InChI=1S/C19H18ClN5O3/c20-14-7-8-17(25(27)28)16(11-14)22-18-12-15(13-5-2-1-3-6-13)23-19(24-18)21-9-4-10-26/h1-3,5-8,11-12,26H,4,9-10H2,(H2,21,22,23,24). The summed E-state index contributed by atoms with van der Waals surface area (Å²) in [6.45, 7) is 0.538. The largest absolute Gasteiger partial charge is 0.396 e. The van der Waals surface area contributed by atoms with Gasteiger partial charge in [0.2, 0.25) is 5.95 Å². The average Bonchev–Trinajstić information content (AvgIpc) is 2.68. The summed E-state index contributed by atoms with van der Waals surface area (Å²) in [6.07, 6.45) is 0.543. The quantitative estimate of drug-likeness (QED) is 0.295. The molecule has 0 aliphatic carbocycles. The van der Waals surface area contributed by atoms with E-state index >= 15 is 0 Å². The third-order valence-electron chi connectivity index (χ3n) is 3.83. The van der Waals surface area contributed by atoms with Gasteiger partial charge in [-0.2, -0.15) is 4.98 Å². The highest BCUT2D eigenvalue weighted by Crippen LogP contribution is 2.31. The Bertz CT molecular complexity index is 969. The summed E-state index contributed by atoms with van der Waals surface area (Å²) >= 11 is 6.00. The molecule has 0 spiro atoms. The molecule has 0 atom stereocenters. The van der Waals surface area contributed by atoms with Crippen LogP contribution in [0, 0.1) is 10.1 Å². The monoisotopic (exact) mass is 399 g/mol. The highest BCUT2D eigenvalue weighted by molar-refractivity contribution is 6.31. The van der Waals surface area contributed by atoms with E-state index in [0.717, 1.165) is 5.56 Å². The number of nitrogens with zero attached hydrogens (tertiary/aromatic N) is 3. The van der Waals surface area contributed by atoms with Gasteiger partial charge in [0, 0.05) is 35.9 Å². The van der Waals surface area contributed by atoms with Gasteiger partial charge in [-0.05, 0) is 18.6 Å². The molecule has 144 valence electrons. The molecule has 28 heavy (non-hydrogen) atoms. The smallest absolute Gasteiger partial charge is 0.292 e. The fourth-order valence-electron chi connectivity index (χ4n) is 2.53.